The van der Waals surface area contributed by atoms with Gasteiger partial charge >= 0.3 is 6.03 Å². The molecule has 1 aromatic carbocycles. The van der Waals surface area contributed by atoms with E-state index in [1.165, 1.54) is 11.8 Å². The Hall–Kier alpha value is -2.06. The van der Waals surface area contributed by atoms with Crippen LogP contribution in [-0.4, -0.2) is 26.0 Å². The summed E-state index contributed by atoms with van der Waals surface area (Å²) in [6, 6.07) is 6.22. The second-order valence-corrected chi connectivity index (χ2v) is 3.52. The summed E-state index contributed by atoms with van der Waals surface area (Å²) in [4.78, 5) is 10.9. The Kier molecular flexibility index (Phi) is 3.26. The molecule has 2 aromatic rings. The summed E-state index contributed by atoms with van der Waals surface area (Å²) in [5.74, 6) is 0. The number of urea groups is 1. The summed E-state index contributed by atoms with van der Waals surface area (Å²) < 4.78 is 1.64. The maximum absolute atomic E-state index is 10.9. The summed E-state index contributed by atoms with van der Waals surface area (Å²) >= 11 is 4.13. The number of anilines is 1. The Bertz CT molecular complexity index is 542. The smallest absolute Gasteiger partial charge is 0.306 e. The predicted molar refractivity (Wildman–Crippen MR) is 62.6 cm³/mol. The van der Waals surface area contributed by atoms with Crippen molar-refractivity contribution in [1.29, 1.82) is 0 Å². The van der Waals surface area contributed by atoms with Crippen LogP contribution >= 0.6 is 12.6 Å². The highest BCUT2D eigenvalue weighted by Crippen LogP contribution is 2.16. The largest absolute Gasteiger partial charge is 0.342 e. The summed E-state index contributed by atoms with van der Waals surface area (Å²) in [5, 5.41) is 18.7. The van der Waals surface area contributed by atoms with E-state index in [0.717, 1.165) is 5.69 Å². The molecule has 0 saturated carbocycles. The Morgan fingerprint density at radius 2 is 2.29 bits per heavy atom. The van der Waals surface area contributed by atoms with Crippen molar-refractivity contribution in [2.75, 3.05) is 5.32 Å². The third-order valence-corrected chi connectivity index (χ3v) is 2.32. The van der Waals surface area contributed by atoms with E-state index in [-0.39, 0.29) is 0 Å². The number of aromatic nitrogens is 3. The third kappa shape index (κ3) is 2.55. The lowest BCUT2D eigenvalue weighted by atomic mass is 10.3. The van der Waals surface area contributed by atoms with Gasteiger partial charge in [-0.3, -0.25) is 9.77 Å². The molecule has 0 fully saturated rings. The number of hydrogen-bond acceptors (Lipinski definition) is 5. The van der Waals surface area contributed by atoms with Gasteiger partial charge in [-0.15, -0.1) is 22.8 Å². The van der Waals surface area contributed by atoms with E-state index in [4.69, 9.17) is 5.21 Å². The van der Waals surface area contributed by atoms with Crippen LogP contribution in [0.15, 0.2) is 35.7 Å². The van der Waals surface area contributed by atoms with Gasteiger partial charge in [-0.1, -0.05) is 6.07 Å². The predicted octanol–water partition coefficient (Wildman–Crippen LogP) is 1.07. The fourth-order valence-corrected chi connectivity index (χ4v) is 1.52. The van der Waals surface area contributed by atoms with Gasteiger partial charge < -0.3 is 5.32 Å². The first kappa shape index (κ1) is 11.4. The van der Waals surface area contributed by atoms with E-state index in [1.807, 2.05) is 6.07 Å². The first-order chi connectivity index (χ1) is 8.20. The highest BCUT2D eigenvalue weighted by atomic mass is 32.1. The van der Waals surface area contributed by atoms with E-state index in [9.17, 15) is 4.79 Å². The van der Waals surface area contributed by atoms with Gasteiger partial charge in [0.25, 0.3) is 0 Å². The Balaban J connectivity index is 2.29. The van der Waals surface area contributed by atoms with Crippen molar-refractivity contribution in [2.24, 2.45) is 0 Å². The number of hydrogen-bond donors (Lipinski definition) is 4. The van der Waals surface area contributed by atoms with Crippen LogP contribution in [0.5, 0.6) is 0 Å². The minimum absolute atomic E-state index is 0.439. The highest BCUT2D eigenvalue weighted by Gasteiger charge is 2.04. The van der Waals surface area contributed by atoms with Crippen molar-refractivity contribution in [3.63, 3.8) is 0 Å². The Morgan fingerprint density at radius 3 is 2.94 bits per heavy atom. The van der Waals surface area contributed by atoms with Crippen molar-refractivity contribution in [3.05, 3.63) is 30.6 Å². The van der Waals surface area contributed by atoms with Crippen LogP contribution in [0.2, 0.25) is 0 Å². The molecule has 7 nitrogen and oxygen atoms in total. The van der Waals surface area contributed by atoms with E-state index in [1.54, 1.807) is 22.8 Å². The fraction of sp³-hybridized carbons (Fsp3) is 0. The van der Waals surface area contributed by atoms with Gasteiger partial charge in [-0.25, -0.2) is 10.3 Å². The van der Waals surface area contributed by atoms with Crippen LogP contribution < -0.4 is 10.8 Å². The fourth-order valence-electron chi connectivity index (χ4n) is 1.30. The Labute approximate surface area is 102 Å². The number of thiol groups is 1. The van der Waals surface area contributed by atoms with E-state index in [0.29, 0.717) is 10.8 Å². The molecule has 3 N–H and O–H groups in total. The van der Waals surface area contributed by atoms with Crippen LogP contribution in [0.1, 0.15) is 0 Å². The van der Waals surface area contributed by atoms with Gasteiger partial charge in [-0.05, 0) is 18.2 Å². The quantitative estimate of drug-likeness (QED) is 0.365. The van der Waals surface area contributed by atoms with E-state index in [2.05, 4.69) is 28.1 Å². The number of rotatable bonds is 2. The van der Waals surface area contributed by atoms with Gasteiger partial charge in [0, 0.05) is 5.69 Å². The number of hydroxylamine groups is 1. The lowest BCUT2D eigenvalue weighted by Crippen LogP contribution is -2.25. The molecule has 1 heterocycles. The molecular weight excluding hydrogens is 242 g/mol. The second-order valence-electron chi connectivity index (χ2n) is 3.12. The van der Waals surface area contributed by atoms with E-state index >= 15 is 0 Å². The van der Waals surface area contributed by atoms with Crippen LogP contribution in [0.3, 0.4) is 0 Å². The molecule has 17 heavy (non-hydrogen) atoms. The van der Waals surface area contributed by atoms with Crippen molar-refractivity contribution in [3.8, 4) is 5.69 Å². The van der Waals surface area contributed by atoms with Crippen LogP contribution in [0.25, 0.3) is 5.69 Å². The first-order valence-electron chi connectivity index (χ1n) is 4.61. The first-order valence-corrected chi connectivity index (χ1v) is 5.06. The molecule has 2 rings (SSSR count). The molecular formula is C9H9N5O2S. The standard InChI is InChI=1S/C9H9N5O2S/c15-8(13-16)11-6-2-1-3-7(4-6)14-5-10-12-9(14)17/h1-5,16H,(H,12,17)(H2,11,13,15). The molecule has 0 aliphatic heterocycles. The number of nitrogens with zero attached hydrogens (tertiary/aromatic N) is 3. The SMILES string of the molecule is O=C(NO)Nc1cccc(-n2cnnc2S)c1. The van der Waals surface area contributed by atoms with Gasteiger partial charge in [0.15, 0.2) is 5.16 Å². The van der Waals surface area contributed by atoms with Gasteiger partial charge in [0.1, 0.15) is 6.33 Å². The molecule has 0 aliphatic carbocycles. The van der Waals surface area contributed by atoms with Gasteiger partial charge in [0.2, 0.25) is 0 Å². The number of benzene rings is 1. The van der Waals surface area contributed by atoms with Crippen molar-refractivity contribution < 1.29 is 10.0 Å². The normalized spacial score (nSPS) is 10.0. The molecule has 0 atom stereocenters. The molecule has 8 heteroatoms. The molecule has 0 bridgehead atoms. The zero-order valence-electron chi connectivity index (χ0n) is 8.53. The molecule has 0 radical (unpaired) electrons. The molecule has 0 aliphatic rings. The summed E-state index contributed by atoms with van der Waals surface area (Å²) in [7, 11) is 0. The second kappa shape index (κ2) is 4.85. The average Bonchev–Trinajstić information content (AvgIpc) is 2.75. The van der Waals surface area contributed by atoms with Gasteiger partial charge in [0.05, 0.1) is 5.69 Å². The molecule has 0 unspecified atom stereocenters. The maximum atomic E-state index is 10.9. The number of amides is 2. The zero-order chi connectivity index (χ0) is 12.3. The Morgan fingerprint density at radius 1 is 1.47 bits per heavy atom. The number of carbonyl (C=O) groups is 1. The topological polar surface area (TPSA) is 92.1 Å². The van der Waals surface area contributed by atoms with Crippen LogP contribution in [0.4, 0.5) is 10.5 Å². The summed E-state index contributed by atoms with van der Waals surface area (Å²) in [5.41, 5.74) is 2.75. The minimum Gasteiger partial charge on any atom is -0.306 e. The monoisotopic (exact) mass is 251 g/mol. The zero-order valence-corrected chi connectivity index (χ0v) is 9.43. The summed E-state index contributed by atoms with van der Waals surface area (Å²) in [6.45, 7) is 0. The van der Waals surface area contributed by atoms with Crippen molar-refractivity contribution >= 4 is 24.3 Å². The molecule has 2 amide bonds. The van der Waals surface area contributed by atoms with E-state index < -0.39 is 6.03 Å². The van der Waals surface area contributed by atoms with Gasteiger partial charge in [-0.2, -0.15) is 0 Å². The average molecular weight is 251 g/mol. The molecule has 0 saturated heterocycles. The number of nitrogens with one attached hydrogen (secondary N) is 2. The lowest BCUT2D eigenvalue weighted by Gasteiger charge is -2.07. The molecule has 88 valence electrons. The lowest BCUT2D eigenvalue weighted by molar-refractivity contribution is 0.172. The summed E-state index contributed by atoms with van der Waals surface area (Å²) in [6.07, 6.45) is 1.51. The minimum atomic E-state index is -0.711. The molecule has 1 aromatic heterocycles. The number of carbonyl (C=O) groups excluding carboxylic acids is 1. The molecule has 0 spiro atoms. The van der Waals surface area contributed by atoms with Crippen LogP contribution in [-0.2, 0) is 0 Å². The maximum Gasteiger partial charge on any atom is 0.342 e. The highest BCUT2D eigenvalue weighted by molar-refractivity contribution is 7.80. The van der Waals surface area contributed by atoms with Crippen molar-refractivity contribution in [2.45, 2.75) is 5.16 Å². The third-order valence-electron chi connectivity index (χ3n) is 2.01. The van der Waals surface area contributed by atoms with Crippen LogP contribution in [0, 0.1) is 0 Å². The van der Waals surface area contributed by atoms with Crippen molar-refractivity contribution in [1.82, 2.24) is 20.2 Å².